The fourth-order valence-electron chi connectivity index (χ4n) is 4.24. The van der Waals surface area contributed by atoms with Crippen molar-refractivity contribution in [1.82, 2.24) is 10.3 Å². The molecule has 0 bridgehead atoms. The van der Waals surface area contributed by atoms with Crippen LogP contribution in [0.15, 0.2) is 54.6 Å². The third-order valence-corrected chi connectivity index (χ3v) is 6.09. The highest BCUT2D eigenvalue weighted by molar-refractivity contribution is 5.95. The van der Waals surface area contributed by atoms with Gasteiger partial charge in [0.25, 0.3) is 5.91 Å². The fraction of sp³-hybridized carbons (Fsp3) is 0.214. The Morgan fingerprint density at radius 1 is 0.944 bits per heavy atom. The van der Waals surface area contributed by atoms with Gasteiger partial charge >= 0.3 is 6.16 Å². The number of aromatic amines is 1. The molecule has 36 heavy (non-hydrogen) atoms. The van der Waals surface area contributed by atoms with Gasteiger partial charge in [-0.05, 0) is 72.9 Å². The van der Waals surface area contributed by atoms with Gasteiger partial charge in [-0.15, -0.1) is 0 Å². The number of rotatable bonds is 7. The Labute approximate surface area is 208 Å². The van der Waals surface area contributed by atoms with Crippen molar-refractivity contribution < 1.29 is 28.2 Å². The highest BCUT2D eigenvalue weighted by Crippen LogP contribution is 2.33. The van der Waals surface area contributed by atoms with E-state index in [0.717, 1.165) is 33.3 Å². The van der Waals surface area contributed by atoms with Gasteiger partial charge in [0.1, 0.15) is 5.82 Å². The highest BCUT2D eigenvalue weighted by atomic mass is 19.1. The van der Waals surface area contributed by atoms with Crippen molar-refractivity contribution in [2.45, 2.75) is 20.3 Å². The zero-order valence-corrected chi connectivity index (χ0v) is 20.5. The molecule has 1 aromatic heterocycles. The summed E-state index contributed by atoms with van der Waals surface area (Å²) in [5.41, 5.74) is 5.62. The first-order chi connectivity index (χ1) is 17.3. The Balaban J connectivity index is 1.42. The molecule has 3 aromatic carbocycles. The molecule has 0 saturated carbocycles. The topological polar surface area (TPSA) is 89.6 Å². The molecule has 2 N–H and O–H groups in total. The minimum absolute atomic E-state index is 0.193. The predicted octanol–water partition coefficient (Wildman–Crippen LogP) is 5.72. The molecule has 0 aliphatic carbocycles. The van der Waals surface area contributed by atoms with Crippen molar-refractivity contribution in [1.29, 1.82) is 0 Å². The van der Waals surface area contributed by atoms with Crippen LogP contribution in [0.1, 0.15) is 27.2 Å². The quantitative estimate of drug-likeness (QED) is 0.256. The number of amides is 1. The van der Waals surface area contributed by atoms with Gasteiger partial charge in [0.05, 0.1) is 19.7 Å². The lowest BCUT2D eigenvalue weighted by Crippen LogP contribution is -2.25. The number of fused-ring (bicyclic) bond motifs is 1. The van der Waals surface area contributed by atoms with Crippen LogP contribution in [0.4, 0.5) is 9.18 Å². The second-order valence-corrected chi connectivity index (χ2v) is 8.35. The van der Waals surface area contributed by atoms with E-state index in [1.807, 2.05) is 26.0 Å². The maximum atomic E-state index is 14.2. The van der Waals surface area contributed by atoms with E-state index in [4.69, 9.17) is 9.47 Å². The number of aromatic nitrogens is 1. The van der Waals surface area contributed by atoms with Crippen molar-refractivity contribution in [2.75, 3.05) is 20.8 Å². The Bertz CT molecular complexity index is 1430. The lowest BCUT2D eigenvalue weighted by Gasteiger charge is -2.11. The van der Waals surface area contributed by atoms with Gasteiger partial charge in [0.2, 0.25) is 0 Å². The van der Waals surface area contributed by atoms with Crippen LogP contribution < -0.4 is 14.8 Å². The van der Waals surface area contributed by atoms with E-state index in [1.165, 1.54) is 20.3 Å². The first-order valence-corrected chi connectivity index (χ1v) is 11.4. The van der Waals surface area contributed by atoms with Gasteiger partial charge < -0.3 is 24.5 Å². The van der Waals surface area contributed by atoms with Crippen LogP contribution in [-0.2, 0) is 11.2 Å². The second-order valence-electron chi connectivity index (χ2n) is 8.35. The van der Waals surface area contributed by atoms with E-state index < -0.39 is 6.16 Å². The number of H-pyrrole nitrogens is 1. The SMILES string of the molecule is COC(=O)Oc1ccc(-c2ccc(C(=O)NCCc3c(C)[nH]c4c(F)ccc(C)c34)cc2)cc1OC. The molecule has 8 heteroatoms. The number of methoxy groups -OCH3 is 2. The summed E-state index contributed by atoms with van der Waals surface area (Å²) >= 11 is 0. The van der Waals surface area contributed by atoms with E-state index in [9.17, 15) is 14.0 Å². The van der Waals surface area contributed by atoms with Gasteiger partial charge in [0.15, 0.2) is 11.5 Å². The molecule has 0 spiro atoms. The third-order valence-electron chi connectivity index (χ3n) is 6.09. The summed E-state index contributed by atoms with van der Waals surface area (Å²) in [4.78, 5) is 27.2. The van der Waals surface area contributed by atoms with Crippen molar-refractivity contribution in [3.63, 3.8) is 0 Å². The number of hydrogen-bond acceptors (Lipinski definition) is 5. The molecule has 0 unspecified atom stereocenters. The minimum atomic E-state index is -0.835. The minimum Gasteiger partial charge on any atom is -0.493 e. The van der Waals surface area contributed by atoms with Gasteiger partial charge in [-0.1, -0.05) is 24.3 Å². The zero-order chi connectivity index (χ0) is 25.8. The number of ether oxygens (including phenoxy) is 3. The number of benzene rings is 3. The molecule has 4 rings (SSSR count). The molecule has 186 valence electrons. The molecule has 0 atom stereocenters. The average Bonchev–Trinajstić information content (AvgIpc) is 3.23. The van der Waals surface area contributed by atoms with Crippen molar-refractivity contribution >= 4 is 23.0 Å². The lowest BCUT2D eigenvalue weighted by molar-refractivity contribution is 0.0954. The molecule has 0 radical (unpaired) electrons. The number of aryl methyl sites for hydroxylation is 2. The Hall–Kier alpha value is -4.33. The van der Waals surface area contributed by atoms with Crippen molar-refractivity contribution in [3.8, 4) is 22.6 Å². The normalized spacial score (nSPS) is 10.8. The zero-order valence-electron chi connectivity index (χ0n) is 20.5. The van der Waals surface area contributed by atoms with E-state index in [2.05, 4.69) is 15.0 Å². The molecule has 0 aliphatic heterocycles. The Morgan fingerprint density at radius 2 is 1.67 bits per heavy atom. The Morgan fingerprint density at radius 3 is 2.36 bits per heavy atom. The van der Waals surface area contributed by atoms with Crippen molar-refractivity contribution in [2.24, 2.45) is 0 Å². The number of carbonyl (C=O) groups is 2. The van der Waals surface area contributed by atoms with E-state index in [1.54, 1.807) is 36.4 Å². The molecular formula is C28H27FN2O5. The molecular weight excluding hydrogens is 463 g/mol. The molecule has 1 amide bonds. The molecule has 7 nitrogen and oxygen atoms in total. The summed E-state index contributed by atoms with van der Waals surface area (Å²) in [6.07, 6.45) is -0.252. The number of hydrogen-bond donors (Lipinski definition) is 2. The number of halogens is 1. The van der Waals surface area contributed by atoms with Crippen LogP contribution in [0.2, 0.25) is 0 Å². The first kappa shape index (κ1) is 24.8. The van der Waals surface area contributed by atoms with E-state index in [-0.39, 0.29) is 17.5 Å². The van der Waals surface area contributed by atoms with Crippen LogP contribution in [0.5, 0.6) is 11.5 Å². The van der Waals surface area contributed by atoms with E-state index in [0.29, 0.717) is 29.8 Å². The maximum absolute atomic E-state index is 14.2. The summed E-state index contributed by atoms with van der Waals surface area (Å²) in [5, 5.41) is 3.82. The molecule has 4 aromatic rings. The van der Waals surface area contributed by atoms with Gasteiger partial charge in [0, 0.05) is 23.2 Å². The summed E-state index contributed by atoms with van der Waals surface area (Å²) in [6.45, 7) is 4.29. The van der Waals surface area contributed by atoms with Crippen LogP contribution in [-0.4, -0.2) is 37.8 Å². The summed E-state index contributed by atoms with van der Waals surface area (Å²) < 4.78 is 29.1. The van der Waals surface area contributed by atoms with Crippen LogP contribution in [0.3, 0.4) is 0 Å². The fourth-order valence-corrected chi connectivity index (χ4v) is 4.24. The number of carbonyl (C=O) groups excluding carboxylic acids is 2. The first-order valence-electron chi connectivity index (χ1n) is 11.4. The van der Waals surface area contributed by atoms with Crippen LogP contribution in [0.25, 0.3) is 22.0 Å². The van der Waals surface area contributed by atoms with Gasteiger partial charge in [-0.3, -0.25) is 4.79 Å². The van der Waals surface area contributed by atoms with Crippen molar-refractivity contribution in [3.05, 3.63) is 82.8 Å². The van der Waals surface area contributed by atoms with Gasteiger partial charge in [-0.25, -0.2) is 9.18 Å². The largest absolute Gasteiger partial charge is 0.513 e. The maximum Gasteiger partial charge on any atom is 0.513 e. The number of nitrogens with one attached hydrogen (secondary N) is 2. The average molecular weight is 491 g/mol. The summed E-state index contributed by atoms with van der Waals surface area (Å²) in [5.74, 6) is 0.147. The summed E-state index contributed by atoms with van der Waals surface area (Å²) in [6, 6.07) is 15.5. The van der Waals surface area contributed by atoms with Crippen LogP contribution in [0, 0.1) is 19.7 Å². The lowest BCUT2D eigenvalue weighted by atomic mass is 10.0. The molecule has 0 aliphatic rings. The van der Waals surface area contributed by atoms with E-state index >= 15 is 0 Å². The standard InChI is InChI=1S/C28H27FN2O5/c1-16-5-11-22(29)26-25(16)21(17(2)31-26)13-14-30-27(32)19-8-6-18(7-9-19)20-10-12-23(24(15-20)34-3)36-28(33)35-4/h5-12,15,31H,13-14H2,1-4H3,(H,30,32). The van der Waals surface area contributed by atoms with Gasteiger partial charge in [-0.2, -0.15) is 0 Å². The molecule has 1 heterocycles. The second kappa shape index (κ2) is 10.5. The smallest absolute Gasteiger partial charge is 0.493 e. The highest BCUT2D eigenvalue weighted by Gasteiger charge is 2.15. The molecule has 0 saturated heterocycles. The Kier molecular flexibility index (Phi) is 7.24. The van der Waals surface area contributed by atoms with Crippen LogP contribution >= 0.6 is 0 Å². The monoisotopic (exact) mass is 490 g/mol. The summed E-state index contributed by atoms with van der Waals surface area (Å²) in [7, 11) is 2.71. The predicted molar refractivity (Wildman–Crippen MR) is 135 cm³/mol. The third kappa shape index (κ3) is 5.02. The molecule has 0 fully saturated rings.